The third-order valence-corrected chi connectivity index (χ3v) is 2.67. The van der Waals surface area contributed by atoms with Gasteiger partial charge in [-0.05, 0) is 24.8 Å². The van der Waals surface area contributed by atoms with Crippen LogP contribution in [0.1, 0.15) is 19.3 Å². The number of hydrazine groups is 1. The SMILES string of the molecule is NNC1C2=C(CCC=C2)CC1O. The Labute approximate surface area is 71.9 Å². The molecule has 0 aromatic heterocycles. The van der Waals surface area contributed by atoms with Crippen molar-refractivity contribution in [3.05, 3.63) is 23.3 Å². The molecule has 2 unspecified atom stereocenters. The van der Waals surface area contributed by atoms with Crippen molar-refractivity contribution >= 4 is 0 Å². The van der Waals surface area contributed by atoms with E-state index in [1.54, 1.807) is 0 Å². The third-order valence-electron chi connectivity index (χ3n) is 2.67. The van der Waals surface area contributed by atoms with Crippen molar-refractivity contribution in [1.82, 2.24) is 5.43 Å². The molecule has 0 aromatic rings. The van der Waals surface area contributed by atoms with Gasteiger partial charge >= 0.3 is 0 Å². The fourth-order valence-electron chi connectivity index (χ4n) is 2.05. The van der Waals surface area contributed by atoms with Crippen molar-refractivity contribution in [3.8, 4) is 0 Å². The van der Waals surface area contributed by atoms with Crippen molar-refractivity contribution in [2.45, 2.75) is 31.4 Å². The second kappa shape index (κ2) is 3.01. The van der Waals surface area contributed by atoms with E-state index in [1.807, 2.05) is 0 Å². The first-order valence-electron chi connectivity index (χ1n) is 4.35. The maximum absolute atomic E-state index is 9.60. The number of nitrogens with one attached hydrogen (secondary N) is 1. The van der Waals surface area contributed by atoms with Gasteiger partial charge in [-0.3, -0.25) is 11.3 Å². The van der Waals surface area contributed by atoms with Gasteiger partial charge in [-0.25, -0.2) is 0 Å². The van der Waals surface area contributed by atoms with Crippen LogP contribution in [-0.2, 0) is 0 Å². The van der Waals surface area contributed by atoms with Crippen LogP contribution in [0.2, 0.25) is 0 Å². The molecule has 2 aliphatic carbocycles. The number of hydrogen-bond acceptors (Lipinski definition) is 3. The van der Waals surface area contributed by atoms with Crippen LogP contribution in [-0.4, -0.2) is 17.3 Å². The first-order chi connectivity index (χ1) is 5.83. The Bertz CT molecular complexity index is 245. The summed E-state index contributed by atoms with van der Waals surface area (Å²) in [5, 5.41) is 9.60. The van der Waals surface area contributed by atoms with Crippen LogP contribution >= 0.6 is 0 Å². The molecule has 2 rings (SSSR count). The fourth-order valence-corrected chi connectivity index (χ4v) is 2.05. The Morgan fingerprint density at radius 3 is 3.17 bits per heavy atom. The molecule has 2 aliphatic rings. The fraction of sp³-hybridized carbons (Fsp3) is 0.556. The Morgan fingerprint density at radius 1 is 1.58 bits per heavy atom. The molecule has 66 valence electrons. The summed E-state index contributed by atoms with van der Waals surface area (Å²) in [6.07, 6.45) is 6.86. The summed E-state index contributed by atoms with van der Waals surface area (Å²) in [5.41, 5.74) is 5.23. The average molecular weight is 166 g/mol. The highest BCUT2D eigenvalue weighted by Crippen LogP contribution is 2.33. The lowest BCUT2D eigenvalue weighted by Gasteiger charge is -2.16. The molecule has 0 radical (unpaired) electrons. The predicted molar refractivity (Wildman–Crippen MR) is 47.1 cm³/mol. The molecular weight excluding hydrogens is 152 g/mol. The average Bonchev–Trinajstić information content (AvgIpc) is 2.40. The monoisotopic (exact) mass is 166 g/mol. The van der Waals surface area contributed by atoms with Crippen LogP contribution in [0, 0.1) is 0 Å². The van der Waals surface area contributed by atoms with Crippen LogP contribution in [0.4, 0.5) is 0 Å². The molecule has 0 aliphatic heterocycles. The van der Waals surface area contributed by atoms with E-state index in [0.29, 0.717) is 0 Å². The Hall–Kier alpha value is -0.640. The third kappa shape index (κ3) is 1.10. The quantitative estimate of drug-likeness (QED) is 0.386. The molecular formula is C9H14N2O. The van der Waals surface area contributed by atoms with Crippen molar-refractivity contribution < 1.29 is 5.11 Å². The van der Waals surface area contributed by atoms with Gasteiger partial charge in [0.25, 0.3) is 0 Å². The summed E-state index contributed by atoms with van der Waals surface area (Å²) < 4.78 is 0. The van der Waals surface area contributed by atoms with Crippen LogP contribution in [0.5, 0.6) is 0 Å². The second-order valence-corrected chi connectivity index (χ2v) is 3.42. The van der Waals surface area contributed by atoms with Crippen molar-refractivity contribution in [1.29, 1.82) is 0 Å². The highest BCUT2D eigenvalue weighted by Gasteiger charge is 2.31. The molecule has 0 amide bonds. The lowest BCUT2D eigenvalue weighted by Crippen LogP contribution is -2.42. The molecule has 0 saturated carbocycles. The van der Waals surface area contributed by atoms with E-state index in [-0.39, 0.29) is 12.1 Å². The second-order valence-electron chi connectivity index (χ2n) is 3.42. The highest BCUT2D eigenvalue weighted by molar-refractivity contribution is 5.39. The first kappa shape index (κ1) is 7.98. The van der Waals surface area contributed by atoms with E-state index in [2.05, 4.69) is 17.6 Å². The van der Waals surface area contributed by atoms with E-state index in [9.17, 15) is 5.11 Å². The lowest BCUT2D eigenvalue weighted by atomic mass is 9.99. The number of rotatable bonds is 1. The summed E-state index contributed by atoms with van der Waals surface area (Å²) in [5.74, 6) is 5.35. The van der Waals surface area contributed by atoms with Crippen LogP contribution < -0.4 is 11.3 Å². The van der Waals surface area contributed by atoms with Crippen molar-refractivity contribution in [2.75, 3.05) is 0 Å². The van der Waals surface area contributed by atoms with Gasteiger partial charge in [0.2, 0.25) is 0 Å². The molecule has 4 N–H and O–H groups in total. The number of allylic oxidation sites excluding steroid dienone is 1. The Balaban J connectivity index is 2.25. The smallest absolute Gasteiger partial charge is 0.0785 e. The molecule has 0 saturated heterocycles. The van der Waals surface area contributed by atoms with Gasteiger partial charge in [0.1, 0.15) is 0 Å². The zero-order chi connectivity index (χ0) is 8.55. The molecule has 12 heavy (non-hydrogen) atoms. The Kier molecular flexibility index (Phi) is 2.00. The minimum atomic E-state index is -0.331. The van der Waals surface area contributed by atoms with Crippen molar-refractivity contribution in [3.63, 3.8) is 0 Å². The zero-order valence-electron chi connectivity index (χ0n) is 6.96. The van der Waals surface area contributed by atoms with Gasteiger partial charge in [-0.1, -0.05) is 17.7 Å². The summed E-state index contributed by atoms with van der Waals surface area (Å²) in [7, 11) is 0. The molecule has 0 bridgehead atoms. The van der Waals surface area contributed by atoms with E-state index in [1.165, 1.54) is 11.1 Å². The van der Waals surface area contributed by atoms with Gasteiger partial charge in [-0.2, -0.15) is 0 Å². The van der Waals surface area contributed by atoms with E-state index in [0.717, 1.165) is 19.3 Å². The molecule has 3 nitrogen and oxygen atoms in total. The molecule has 0 heterocycles. The molecule has 0 aromatic carbocycles. The molecule has 2 atom stereocenters. The Morgan fingerprint density at radius 2 is 2.42 bits per heavy atom. The molecule has 3 heteroatoms. The van der Waals surface area contributed by atoms with Gasteiger partial charge in [0.15, 0.2) is 0 Å². The summed E-state index contributed by atoms with van der Waals surface area (Å²) in [4.78, 5) is 0. The largest absolute Gasteiger partial charge is 0.391 e. The minimum absolute atomic E-state index is 0.0449. The topological polar surface area (TPSA) is 58.3 Å². The van der Waals surface area contributed by atoms with Gasteiger partial charge in [0, 0.05) is 0 Å². The normalized spacial score (nSPS) is 34.2. The van der Waals surface area contributed by atoms with Gasteiger partial charge in [-0.15, -0.1) is 0 Å². The number of hydrogen-bond donors (Lipinski definition) is 3. The van der Waals surface area contributed by atoms with Gasteiger partial charge in [0.05, 0.1) is 12.1 Å². The maximum atomic E-state index is 9.60. The van der Waals surface area contributed by atoms with Crippen molar-refractivity contribution in [2.24, 2.45) is 5.84 Å². The van der Waals surface area contributed by atoms with E-state index < -0.39 is 0 Å². The lowest BCUT2D eigenvalue weighted by molar-refractivity contribution is 0.154. The zero-order valence-corrected chi connectivity index (χ0v) is 6.96. The van der Waals surface area contributed by atoms with Gasteiger partial charge < -0.3 is 5.11 Å². The van der Waals surface area contributed by atoms with E-state index >= 15 is 0 Å². The maximum Gasteiger partial charge on any atom is 0.0785 e. The summed E-state index contributed by atoms with van der Waals surface area (Å²) in [6.45, 7) is 0. The van der Waals surface area contributed by atoms with E-state index in [4.69, 9.17) is 5.84 Å². The van der Waals surface area contributed by atoms with Crippen LogP contribution in [0.25, 0.3) is 0 Å². The van der Waals surface area contributed by atoms with Crippen LogP contribution in [0.15, 0.2) is 23.3 Å². The highest BCUT2D eigenvalue weighted by atomic mass is 16.3. The molecule has 0 spiro atoms. The molecule has 0 fully saturated rings. The summed E-state index contributed by atoms with van der Waals surface area (Å²) in [6, 6.07) is -0.0449. The number of nitrogens with two attached hydrogens (primary N) is 1. The predicted octanol–water partition coefficient (Wildman–Crippen LogP) is 0.229. The standard InChI is InChI=1S/C9H14N2O/c10-11-9-7-4-2-1-3-6(7)5-8(9)12/h2,4,8-9,11-12H,1,3,5,10H2. The van der Waals surface area contributed by atoms with Crippen LogP contribution in [0.3, 0.4) is 0 Å². The number of aliphatic hydroxyl groups excluding tert-OH is 1. The number of aliphatic hydroxyl groups is 1. The first-order valence-corrected chi connectivity index (χ1v) is 4.35. The summed E-state index contributed by atoms with van der Waals surface area (Å²) >= 11 is 0. The minimum Gasteiger partial charge on any atom is -0.391 e.